The number of hydrogen-bond acceptors (Lipinski definition) is 3. The molecule has 1 heterocycles. The predicted octanol–water partition coefficient (Wildman–Crippen LogP) is 4.11. The van der Waals surface area contributed by atoms with Crippen LogP contribution in [0.5, 0.6) is 0 Å². The van der Waals surface area contributed by atoms with E-state index in [2.05, 4.69) is 70.1 Å². The summed E-state index contributed by atoms with van der Waals surface area (Å²) in [6.45, 7) is 0. The smallest absolute Gasteiger partial charge is 0.0724 e. The van der Waals surface area contributed by atoms with Gasteiger partial charge in [-0.15, -0.1) is 0 Å². The highest BCUT2D eigenvalue weighted by molar-refractivity contribution is 9.10. The van der Waals surface area contributed by atoms with Gasteiger partial charge in [0.1, 0.15) is 0 Å². The number of aromatic nitrogens is 1. The molecule has 0 atom stereocenters. The summed E-state index contributed by atoms with van der Waals surface area (Å²) in [4.78, 5) is 9.20. The number of benzene rings is 1. The number of pyridine rings is 1. The fraction of sp³-hybridized carbons (Fsp3) is 0.500. The Labute approximate surface area is 141 Å². The van der Waals surface area contributed by atoms with Crippen LogP contribution in [0.3, 0.4) is 0 Å². The molecular weight excluding hydrogens is 338 g/mol. The van der Waals surface area contributed by atoms with E-state index in [1.165, 1.54) is 36.8 Å². The van der Waals surface area contributed by atoms with Crippen molar-refractivity contribution in [2.45, 2.75) is 37.8 Å². The van der Waals surface area contributed by atoms with Crippen molar-refractivity contribution < 1.29 is 0 Å². The third-order valence-electron chi connectivity index (χ3n) is 4.92. The van der Waals surface area contributed by atoms with E-state index >= 15 is 0 Å². The minimum absolute atomic E-state index is 0.594. The Hall–Kier alpha value is -1.13. The molecule has 0 aliphatic heterocycles. The van der Waals surface area contributed by atoms with Crippen LogP contribution in [0.1, 0.15) is 25.7 Å². The SMILES string of the molecule is CN(C)[C@H]1CC[C@H](N(C)c2[c]cnc3ccc(Br)cc23)CC1. The second kappa shape index (κ2) is 6.55. The number of fused-ring (bicyclic) bond motifs is 1. The lowest BCUT2D eigenvalue weighted by Crippen LogP contribution is -2.40. The highest BCUT2D eigenvalue weighted by Crippen LogP contribution is 2.32. The molecule has 0 bridgehead atoms. The van der Waals surface area contributed by atoms with Gasteiger partial charge in [-0.1, -0.05) is 15.9 Å². The van der Waals surface area contributed by atoms with Crippen molar-refractivity contribution in [2.24, 2.45) is 0 Å². The largest absolute Gasteiger partial charge is 0.371 e. The van der Waals surface area contributed by atoms with Gasteiger partial charge >= 0.3 is 0 Å². The number of anilines is 1. The number of halogens is 1. The van der Waals surface area contributed by atoms with E-state index < -0.39 is 0 Å². The Morgan fingerprint density at radius 3 is 2.45 bits per heavy atom. The van der Waals surface area contributed by atoms with Crippen molar-refractivity contribution in [1.29, 1.82) is 0 Å². The fourth-order valence-electron chi connectivity index (χ4n) is 3.49. The summed E-state index contributed by atoms with van der Waals surface area (Å²) < 4.78 is 1.09. The molecule has 1 aliphatic carbocycles. The molecule has 1 aliphatic rings. The maximum absolute atomic E-state index is 4.44. The van der Waals surface area contributed by atoms with Gasteiger partial charge in [0.2, 0.25) is 0 Å². The van der Waals surface area contributed by atoms with E-state index in [4.69, 9.17) is 0 Å². The van der Waals surface area contributed by atoms with Gasteiger partial charge in [-0.2, -0.15) is 0 Å². The summed E-state index contributed by atoms with van der Waals surface area (Å²) in [5.41, 5.74) is 2.20. The lowest BCUT2D eigenvalue weighted by molar-refractivity contribution is 0.215. The molecule has 22 heavy (non-hydrogen) atoms. The zero-order valence-electron chi connectivity index (χ0n) is 13.5. The summed E-state index contributed by atoms with van der Waals surface area (Å²) in [5.74, 6) is 0. The van der Waals surface area contributed by atoms with Gasteiger partial charge in [-0.05, 0) is 58.0 Å². The Morgan fingerprint density at radius 1 is 1.09 bits per heavy atom. The Balaban J connectivity index is 1.84. The molecule has 1 aromatic heterocycles. The van der Waals surface area contributed by atoms with Crippen LogP contribution in [-0.2, 0) is 0 Å². The van der Waals surface area contributed by atoms with Crippen LogP contribution in [0.2, 0.25) is 0 Å². The Bertz CT molecular complexity index is 648. The first-order chi connectivity index (χ1) is 10.6. The normalized spacial score (nSPS) is 22.2. The average Bonchev–Trinajstić information content (AvgIpc) is 2.53. The first-order valence-corrected chi connectivity index (χ1v) is 8.71. The van der Waals surface area contributed by atoms with Crippen LogP contribution in [0, 0.1) is 6.07 Å². The molecule has 3 nitrogen and oxygen atoms in total. The molecule has 2 aromatic rings. The van der Waals surface area contributed by atoms with Gasteiger partial charge in [0.15, 0.2) is 0 Å². The first-order valence-electron chi connectivity index (χ1n) is 7.91. The zero-order valence-corrected chi connectivity index (χ0v) is 15.1. The minimum atomic E-state index is 0.594. The van der Waals surface area contributed by atoms with Crippen molar-refractivity contribution in [2.75, 3.05) is 26.0 Å². The van der Waals surface area contributed by atoms with Crippen LogP contribution >= 0.6 is 15.9 Å². The lowest BCUT2D eigenvalue weighted by atomic mass is 9.89. The molecule has 0 spiro atoms. The minimum Gasteiger partial charge on any atom is -0.371 e. The maximum atomic E-state index is 4.44. The van der Waals surface area contributed by atoms with E-state index in [1.54, 1.807) is 6.20 Å². The van der Waals surface area contributed by atoms with Crippen molar-refractivity contribution in [3.63, 3.8) is 0 Å². The predicted molar refractivity (Wildman–Crippen MR) is 96.4 cm³/mol. The number of rotatable bonds is 3. The Morgan fingerprint density at radius 2 is 1.77 bits per heavy atom. The molecule has 117 valence electrons. The third kappa shape index (κ3) is 3.13. The summed E-state index contributed by atoms with van der Waals surface area (Å²) in [7, 11) is 6.58. The molecule has 4 heteroatoms. The third-order valence-corrected chi connectivity index (χ3v) is 5.41. The van der Waals surface area contributed by atoms with Gasteiger partial charge in [0, 0.05) is 41.3 Å². The van der Waals surface area contributed by atoms with E-state index in [0.29, 0.717) is 6.04 Å². The summed E-state index contributed by atoms with van der Waals surface area (Å²) >= 11 is 3.57. The summed E-state index contributed by atoms with van der Waals surface area (Å²) in [5, 5.41) is 1.18. The van der Waals surface area contributed by atoms with E-state index in [-0.39, 0.29) is 0 Å². The topological polar surface area (TPSA) is 19.4 Å². The van der Waals surface area contributed by atoms with Crippen LogP contribution in [0.15, 0.2) is 28.9 Å². The number of hydrogen-bond donors (Lipinski definition) is 0. The van der Waals surface area contributed by atoms with Crippen molar-refractivity contribution >= 4 is 32.5 Å². The molecule has 0 amide bonds. The molecular formula is C18H23BrN3. The molecule has 1 saturated carbocycles. The van der Waals surface area contributed by atoms with Crippen LogP contribution < -0.4 is 4.90 Å². The molecule has 0 unspecified atom stereocenters. The van der Waals surface area contributed by atoms with Gasteiger partial charge in [0.25, 0.3) is 0 Å². The highest BCUT2D eigenvalue weighted by Gasteiger charge is 2.26. The lowest BCUT2D eigenvalue weighted by Gasteiger charge is -2.38. The molecule has 0 N–H and O–H groups in total. The van der Waals surface area contributed by atoms with Crippen molar-refractivity contribution in [3.05, 3.63) is 34.9 Å². The van der Waals surface area contributed by atoms with E-state index in [0.717, 1.165) is 16.0 Å². The van der Waals surface area contributed by atoms with Crippen LogP contribution in [0.4, 0.5) is 5.69 Å². The quantitative estimate of drug-likeness (QED) is 0.820. The van der Waals surface area contributed by atoms with Gasteiger partial charge in [0.05, 0.1) is 11.2 Å². The second-order valence-electron chi connectivity index (χ2n) is 6.45. The second-order valence-corrected chi connectivity index (χ2v) is 7.37. The van der Waals surface area contributed by atoms with E-state index in [1.807, 2.05) is 6.07 Å². The molecule has 1 fully saturated rings. The maximum Gasteiger partial charge on any atom is 0.0724 e. The standard InChI is InChI=1S/C18H23BrN3/c1-21(2)14-5-7-15(8-6-14)22(3)18-10-11-20-17-9-4-13(19)12-16(17)18/h4,9,11-12,14-15H,5-8H2,1-3H3/t14-,15-. The van der Waals surface area contributed by atoms with Crippen LogP contribution in [-0.4, -0.2) is 43.1 Å². The summed E-state index contributed by atoms with van der Waals surface area (Å²) in [6, 6.07) is 10.9. The average molecular weight is 361 g/mol. The van der Waals surface area contributed by atoms with Crippen LogP contribution in [0.25, 0.3) is 10.9 Å². The molecule has 3 rings (SSSR count). The first kappa shape index (κ1) is 15.8. The fourth-order valence-corrected chi connectivity index (χ4v) is 3.85. The zero-order chi connectivity index (χ0) is 15.7. The Kier molecular flexibility index (Phi) is 4.69. The number of nitrogens with zero attached hydrogens (tertiary/aromatic N) is 3. The molecule has 1 aromatic carbocycles. The van der Waals surface area contributed by atoms with Crippen molar-refractivity contribution in [1.82, 2.24) is 9.88 Å². The summed E-state index contributed by atoms with van der Waals surface area (Å²) in [6.07, 6.45) is 6.83. The highest BCUT2D eigenvalue weighted by atomic mass is 79.9. The van der Waals surface area contributed by atoms with E-state index in [9.17, 15) is 0 Å². The van der Waals surface area contributed by atoms with Gasteiger partial charge in [-0.25, -0.2) is 0 Å². The van der Waals surface area contributed by atoms with Gasteiger partial charge < -0.3 is 9.80 Å². The molecule has 0 saturated heterocycles. The monoisotopic (exact) mass is 360 g/mol. The van der Waals surface area contributed by atoms with Crippen molar-refractivity contribution in [3.8, 4) is 0 Å². The molecule has 1 radical (unpaired) electrons. The van der Waals surface area contributed by atoms with Gasteiger partial charge in [-0.3, -0.25) is 4.98 Å².